The molecule has 0 aliphatic rings. The molecule has 0 bridgehead atoms. The molecule has 0 amide bonds. The molecule has 4 nitrogen and oxygen atoms in total. The Labute approximate surface area is 186 Å². The van der Waals surface area contributed by atoms with Crippen molar-refractivity contribution >= 4 is 34.2 Å². The third-order valence-electron chi connectivity index (χ3n) is 5.18. The molecule has 0 N–H and O–H groups in total. The fraction of sp³-hybridized carbons (Fsp3) is 0.115. The van der Waals surface area contributed by atoms with Gasteiger partial charge in [0.2, 0.25) is 0 Å². The number of benzene rings is 3. The van der Waals surface area contributed by atoms with Crippen LogP contribution >= 0.6 is 11.6 Å². The molecule has 0 spiro atoms. The second-order valence-corrected chi connectivity index (χ2v) is 7.54. The maximum atomic E-state index is 9.86. The molecule has 0 atom stereocenters. The molecule has 0 radical (unpaired) electrons. The number of fused-ring (bicyclic) bond motifs is 1. The highest BCUT2D eigenvalue weighted by molar-refractivity contribution is 6.30. The van der Waals surface area contributed by atoms with E-state index in [2.05, 4.69) is 35.0 Å². The molecule has 1 aromatic heterocycles. The van der Waals surface area contributed by atoms with E-state index >= 15 is 0 Å². The molecule has 0 aliphatic carbocycles. The Balaban J connectivity index is 1.78. The van der Waals surface area contributed by atoms with Gasteiger partial charge in [-0.1, -0.05) is 41.9 Å². The number of rotatable bonds is 6. The van der Waals surface area contributed by atoms with Crippen LogP contribution < -0.4 is 9.47 Å². The maximum Gasteiger partial charge on any atom is 0.161 e. The van der Waals surface area contributed by atoms with E-state index in [1.807, 2.05) is 54.6 Å². The zero-order valence-electron chi connectivity index (χ0n) is 17.3. The highest BCUT2D eigenvalue weighted by Gasteiger charge is 2.11. The average Bonchev–Trinajstić information content (AvgIpc) is 3.14. The van der Waals surface area contributed by atoms with Gasteiger partial charge < -0.3 is 14.0 Å². The lowest BCUT2D eigenvalue weighted by atomic mass is 10.0. The number of methoxy groups -OCH3 is 2. The van der Waals surface area contributed by atoms with Gasteiger partial charge in [0, 0.05) is 34.2 Å². The quantitative estimate of drug-likeness (QED) is 0.333. The molecule has 4 rings (SSSR count). The van der Waals surface area contributed by atoms with Gasteiger partial charge in [-0.3, -0.25) is 0 Å². The number of aromatic nitrogens is 1. The number of allylic oxidation sites excluding steroid dienone is 1. The minimum Gasteiger partial charge on any atom is -0.493 e. The van der Waals surface area contributed by atoms with Crippen molar-refractivity contribution in [2.75, 3.05) is 14.2 Å². The van der Waals surface area contributed by atoms with Gasteiger partial charge in [0.15, 0.2) is 11.5 Å². The summed E-state index contributed by atoms with van der Waals surface area (Å²) in [6.07, 6.45) is 3.99. The SMILES string of the molecule is COc1ccc(/C(C#N)=C/c2cn(Cc3cccc(Cl)c3)c3ccccc23)cc1OC. The number of halogens is 1. The predicted molar refractivity (Wildman–Crippen MR) is 126 cm³/mol. The highest BCUT2D eigenvalue weighted by Crippen LogP contribution is 2.32. The molecule has 3 aromatic carbocycles. The monoisotopic (exact) mass is 428 g/mol. The fourth-order valence-corrected chi connectivity index (χ4v) is 3.91. The molecule has 1 heterocycles. The van der Waals surface area contributed by atoms with Crippen LogP contribution in [0.15, 0.2) is 72.9 Å². The Morgan fingerprint density at radius 2 is 1.81 bits per heavy atom. The second-order valence-electron chi connectivity index (χ2n) is 7.10. The van der Waals surface area contributed by atoms with Crippen molar-refractivity contribution in [3.05, 3.63) is 94.6 Å². The van der Waals surface area contributed by atoms with Crippen molar-refractivity contribution in [3.63, 3.8) is 0 Å². The molecule has 0 aliphatic heterocycles. The topological polar surface area (TPSA) is 47.2 Å². The summed E-state index contributed by atoms with van der Waals surface area (Å²) in [6.45, 7) is 0.688. The van der Waals surface area contributed by atoms with Crippen LogP contribution in [-0.4, -0.2) is 18.8 Å². The Morgan fingerprint density at radius 3 is 2.55 bits per heavy atom. The minimum atomic E-state index is 0.548. The Bertz CT molecular complexity index is 1310. The number of nitrogens with zero attached hydrogens (tertiary/aromatic N) is 2. The molecule has 0 saturated heterocycles. The number of hydrogen-bond acceptors (Lipinski definition) is 3. The summed E-state index contributed by atoms with van der Waals surface area (Å²) < 4.78 is 12.9. The van der Waals surface area contributed by atoms with Crippen LogP contribution in [-0.2, 0) is 6.54 Å². The zero-order chi connectivity index (χ0) is 21.8. The summed E-state index contributed by atoms with van der Waals surface area (Å²) in [4.78, 5) is 0. The van der Waals surface area contributed by atoms with Gasteiger partial charge >= 0.3 is 0 Å². The minimum absolute atomic E-state index is 0.548. The molecule has 5 heteroatoms. The molecule has 0 saturated carbocycles. The van der Waals surface area contributed by atoms with Crippen molar-refractivity contribution in [3.8, 4) is 17.6 Å². The summed E-state index contributed by atoms with van der Waals surface area (Å²) >= 11 is 6.16. The van der Waals surface area contributed by atoms with Crippen molar-refractivity contribution in [1.82, 2.24) is 4.57 Å². The van der Waals surface area contributed by atoms with E-state index in [0.29, 0.717) is 28.6 Å². The lowest BCUT2D eigenvalue weighted by molar-refractivity contribution is 0.355. The van der Waals surface area contributed by atoms with E-state index in [9.17, 15) is 5.26 Å². The van der Waals surface area contributed by atoms with Gasteiger partial charge in [0.1, 0.15) is 0 Å². The Morgan fingerprint density at radius 1 is 1.00 bits per heavy atom. The van der Waals surface area contributed by atoms with Gasteiger partial charge in [-0.2, -0.15) is 5.26 Å². The van der Waals surface area contributed by atoms with E-state index in [0.717, 1.165) is 27.6 Å². The van der Waals surface area contributed by atoms with E-state index in [4.69, 9.17) is 21.1 Å². The predicted octanol–water partition coefficient (Wildman–Crippen LogP) is 6.42. The second kappa shape index (κ2) is 8.99. The average molecular weight is 429 g/mol. The first kappa shape index (κ1) is 20.6. The summed E-state index contributed by atoms with van der Waals surface area (Å²) in [5.41, 5.74) is 4.50. The van der Waals surface area contributed by atoms with Gasteiger partial charge in [-0.25, -0.2) is 0 Å². The fourth-order valence-electron chi connectivity index (χ4n) is 3.69. The molecule has 31 heavy (non-hydrogen) atoms. The Kier molecular flexibility index (Phi) is 5.97. The van der Waals surface area contributed by atoms with E-state index in [-0.39, 0.29) is 0 Å². The lowest BCUT2D eigenvalue weighted by Crippen LogP contribution is -1.97. The third kappa shape index (κ3) is 4.28. The van der Waals surface area contributed by atoms with Gasteiger partial charge in [-0.15, -0.1) is 0 Å². The van der Waals surface area contributed by atoms with Crippen molar-refractivity contribution in [2.45, 2.75) is 6.54 Å². The molecular formula is C26H21ClN2O2. The van der Waals surface area contributed by atoms with E-state index in [1.165, 1.54) is 0 Å². The van der Waals surface area contributed by atoms with Crippen molar-refractivity contribution in [2.24, 2.45) is 0 Å². The smallest absolute Gasteiger partial charge is 0.161 e. The largest absolute Gasteiger partial charge is 0.493 e. The first-order valence-electron chi connectivity index (χ1n) is 9.79. The normalized spacial score (nSPS) is 11.4. The van der Waals surface area contributed by atoms with Gasteiger partial charge in [0.05, 0.1) is 25.9 Å². The number of hydrogen-bond donors (Lipinski definition) is 0. The van der Waals surface area contributed by atoms with Gasteiger partial charge in [0.25, 0.3) is 0 Å². The molecule has 154 valence electrons. The lowest BCUT2D eigenvalue weighted by Gasteiger charge is -2.09. The van der Waals surface area contributed by atoms with Crippen LogP contribution in [0, 0.1) is 11.3 Å². The third-order valence-corrected chi connectivity index (χ3v) is 5.41. The van der Waals surface area contributed by atoms with Crippen LogP contribution in [0.1, 0.15) is 16.7 Å². The molecule has 0 unspecified atom stereocenters. The summed E-state index contributed by atoms with van der Waals surface area (Å²) in [5.74, 6) is 1.21. The first-order valence-corrected chi connectivity index (χ1v) is 10.2. The molecule has 4 aromatic rings. The van der Waals surface area contributed by atoms with Gasteiger partial charge in [-0.05, 0) is 53.6 Å². The zero-order valence-corrected chi connectivity index (χ0v) is 18.1. The standard InChI is InChI=1S/C26H21ClN2O2/c1-30-25-11-10-19(14-26(25)31-2)20(15-28)13-21-17-29(24-9-4-3-8-23(21)24)16-18-6-5-7-22(27)12-18/h3-14,17H,16H2,1-2H3/b20-13+. The summed E-state index contributed by atoms with van der Waals surface area (Å²) in [6, 6.07) is 23.8. The number of nitriles is 1. The first-order chi connectivity index (χ1) is 15.1. The summed E-state index contributed by atoms with van der Waals surface area (Å²) in [5, 5.41) is 11.7. The molecule has 0 fully saturated rings. The molecular weight excluding hydrogens is 408 g/mol. The Hall–Kier alpha value is -3.68. The van der Waals surface area contributed by atoms with Crippen molar-refractivity contribution in [1.29, 1.82) is 5.26 Å². The van der Waals surface area contributed by atoms with Crippen molar-refractivity contribution < 1.29 is 9.47 Å². The van der Waals surface area contributed by atoms with E-state index < -0.39 is 0 Å². The highest BCUT2D eigenvalue weighted by atomic mass is 35.5. The van der Waals surface area contributed by atoms with Crippen LogP contribution in [0.4, 0.5) is 0 Å². The maximum absolute atomic E-state index is 9.86. The van der Waals surface area contributed by atoms with Crippen LogP contribution in [0.5, 0.6) is 11.5 Å². The number of para-hydroxylation sites is 1. The van der Waals surface area contributed by atoms with Crippen LogP contribution in [0.25, 0.3) is 22.6 Å². The van der Waals surface area contributed by atoms with E-state index in [1.54, 1.807) is 14.2 Å². The van der Waals surface area contributed by atoms with Crippen LogP contribution in [0.2, 0.25) is 5.02 Å². The number of ether oxygens (including phenoxy) is 2. The van der Waals surface area contributed by atoms with Crippen LogP contribution in [0.3, 0.4) is 0 Å². The summed E-state index contributed by atoms with van der Waals surface area (Å²) in [7, 11) is 3.17.